The standard InChI is InChI=1S/C21H22N4O2S/c1-21(2)17-8-4-5-9-18(17)24(3)19(21)11-15(26)13-28-20-23-22-14-25(20)12-16-7-6-10-27-16/h4-11,14H,12-13H2,1-3H3/b19-11-. The summed E-state index contributed by atoms with van der Waals surface area (Å²) in [6.07, 6.45) is 5.05. The number of rotatable bonds is 6. The first-order valence-electron chi connectivity index (χ1n) is 9.08. The van der Waals surface area contributed by atoms with Gasteiger partial charge in [-0.3, -0.25) is 4.79 Å². The van der Waals surface area contributed by atoms with Crippen molar-refractivity contribution in [3.8, 4) is 0 Å². The molecule has 1 aliphatic rings. The van der Waals surface area contributed by atoms with Crippen LogP contribution in [0.15, 0.2) is 70.3 Å². The van der Waals surface area contributed by atoms with Gasteiger partial charge in [-0.05, 0) is 23.8 Å². The van der Waals surface area contributed by atoms with E-state index < -0.39 is 0 Å². The number of likely N-dealkylation sites (N-methyl/N-ethyl adjacent to an activating group) is 1. The van der Waals surface area contributed by atoms with Gasteiger partial charge in [0.25, 0.3) is 0 Å². The van der Waals surface area contributed by atoms with Crippen LogP contribution in [0.2, 0.25) is 0 Å². The Bertz CT molecular complexity index is 1020. The SMILES string of the molecule is CN1/C(=C\C(=O)CSc2nncn2Cc2ccco2)C(C)(C)c2ccccc21. The van der Waals surface area contributed by atoms with Gasteiger partial charge in [0.1, 0.15) is 12.1 Å². The second kappa shape index (κ2) is 7.31. The zero-order chi connectivity index (χ0) is 19.7. The maximum Gasteiger partial charge on any atom is 0.191 e. The van der Waals surface area contributed by atoms with Crippen LogP contribution in [0.4, 0.5) is 5.69 Å². The molecule has 0 fully saturated rings. The van der Waals surface area contributed by atoms with Gasteiger partial charge in [0.2, 0.25) is 0 Å². The monoisotopic (exact) mass is 394 g/mol. The normalized spacial score (nSPS) is 16.5. The predicted octanol–water partition coefficient (Wildman–Crippen LogP) is 3.89. The summed E-state index contributed by atoms with van der Waals surface area (Å²) in [4.78, 5) is 14.8. The molecule has 0 saturated heterocycles. The molecular weight excluding hydrogens is 372 g/mol. The fourth-order valence-electron chi connectivity index (χ4n) is 3.62. The number of ketones is 1. The summed E-state index contributed by atoms with van der Waals surface area (Å²) in [5.41, 5.74) is 3.20. The summed E-state index contributed by atoms with van der Waals surface area (Å²) >= 11 is 1.39. The Hall–Kier alpha value is -2.80. The van der Waals surface area contributed by atoms with E-state index in [2.05, 4.69) is 41.1 Å². The van der Waals surface area contributed by atoms with Crippen molar-refractivity contribution in [1.29, 1.82) is 0 Å². The molecule has 28 heavy (non-hydrogen) atoms. The van der Waals surface area contributed by atoms with Gasteiger partial charge >= 0.3 is 0 Å². The molecule has 2 aromatic heterocycles. The number of furan rings is 1. The number of thioether (sulfide) groups is 1. The van der Waals surface area contributed by atoms with Gasteiger partial charge in [-0.1, -0.05) is 43.8 Å². The number of benzene rings is 1. The Morgan fingerprint density at radius 3 is 2.82 bits per heavy atom. The molecule has 6 nitrogen and oxygen atoms in total. The van der Waals surface area contributed by atoms with E-state index in [1.165, 1.54) is 17.3 Å². The number of carbonyl (C=O) groups is 1. The maximum atomic E-state index is 12.7. The third-order valence-electron chi connectivity index (χ3n) is 5.07. The van der Waals surface area contributed by atoms with Crippen molar-refractivity contribution in [1.82, 2.24) is 14.8 Å². The van der Waals surface area contributed by atoms with Crippen LogP contribution in [0.5, 0.6) is 0 Å². The van der Waals surface area contributed by atoms with E-state index in [4.69, 9.17) is 4.42 Å². The van der Waals surface area contributed by atoms with Gasteiger partial charge in [-0.25, -0.2) is 0 Å². The molecule has 1 aliphatic heterocycles. The Labute approximate surface area is 168 Å². The van der Waals surface area contributed by atoms with Gasteiger partial charge in [-0.15, -0.1) is 10.2 Å². The van der Waals surface area contributed by atoms with Gasteiger partial charge in [0.15, 0.2) is 10.9 Å². The quantitative estimate of drug-likeness (QED) is 0.467. The number of hydrogen-bond donors (Lipinski definition) is 0. The molecular formula is C21H22N4O2S. The number of hydrogen-bond acceptors (Lipinski definition) is 6. The lowest BCUT2D eigenvalue weighted by molar-refractivity contribution is -0.112. The van der Waals surface area contributed by atoms with Crippen LogP contribution >= 0.6 is 11.8 Å². The average molecular weight is 395 g/mol. The lowest BCUT2D eigenvalue weighted by Crippen LogP contribution is -2.24. The first-order chi connectivity index (χ1) is 13.5. The minimum atomic E-state index is -0.203. The highest BCUT2D eigenvalue weighted by Crippen LogP contribution is 2.46. The first-order valence-corrected chi connectivity index (χ1v) is 10.1. The molecule has 7 heteroatoms. The molecule has 3 heterocycles. The van der Waals surface area contributed by atoms with Crippen molar-refractivity contribution in [3.05, 3.63) is 72.1 Å². The summed E-state index contributed by atoms with van der Waals surface area (Å²) in [6, 6.07) is 12.0. The van der Waals surface area contributed by atoms with Crippen LogP contribution in [-0.2, 0) is 16.8 Å². The van der Waals surface area contributed by atoms with Crippen molar-refractivity contribution in [2.24, 2.45) is 0 Å². The number of anilines is 1. The number of carbonyl (C=O) groups excluding carboxylic acids is 1. The number of fused-ring (bicyclic) bond motifs is 1. The summed E-state index contributed by atoms with van der Waals surface area (Å²) < 4.78 is 7.25. The zero-order valence-electron chi connectivity index (χ0n) is 16.1. The van der Waals surface area contributed by atoms with Gasteiger partial charge in [0, 0.05) is 29.9 Å². The Balaban J connectivity index is 1.46. The molecule has 3 aromatic rings. The van der Waals surface area contributed by atoms with Crippen molar-refractivity contribution in [2.75, 3.05) is 17.7 Å². The van der Waals surface area contributed by atoms with E-state index in [1.54, 1.807) is 18.7 Å². The highest BCUT2D eigenvalue weighted by atomic mass is 32.2. The highest BCUT2D eigenvalue weighted by molar-refractivity contribution is 7.99. The Morgan fingerprint density at radius 1 is 1.25 bits per heavy atom. The second-order valence-electron chi connectivity index (χ2n) is 7.31. The number of aromatic nitrogens is 3. The topological polar surface area (TPSA) is 64.2 Å². The zero-order valence-corrected chi connectivity index (χ0v) is 16.9. The van der Waals surface area contributed by atoms with E-state index >= 15 is 0 Å². The van der Waals surface area contributed by atoms with Gasteiger partial charge in [-0.2, -0.15) is 0 Å². The summed E-state index contributed by atoms with van der Waals surface area (Å²) in [6.45, 7) is 4.85. The van der Waals surface area contributed by atoms with Crippen molar-refractivity contribution in [2.45, 2.75) is 31.0 Å². The smallest absolute Gasteiger partial charge is 0.191 e. The van der Waals surface area contributed by atoms with Crippen LogP contribution in [-0.4, -0.2) is 33.3 Å². The van der Waals surface area contributed by atoms with Crippen LogP contribution < -0.4 is 4.90 Å². The molecule has 0 N–H and O–H groups in total. The highest BCUT2D eigenvalue weighted by Gasteiger charge is 2.38. The molecule has 0 atom stereocenters. The molecule has 0 aliphatic carbocycles. The van der Waals surface area contributed by atoms with Crippen LogP contribution in [0, 0.1) is 0 Å². The molecule has 1 aromatic carbocycles. The van der Waals surface area contributed by atoms with Crippen molar-refractivity contribution >= 4 is 23.2 Å². The summed E-state index contributed by atoms with van der Waals surface area (Å²) in [7, 11) is 2.01. The third kappa shape index (κ3) is 3.38. The fourth-order valence-corrected chi connectivity index (χ4v) is 4.36. The molecule has 0 radical (unpaired) electrons. The van der Waals surface area contributed by atoms with Crippen LogP contribution in [0.1, 0.15) is 25.2 Å². The first kappa shape index (κ1) is 18.6. The second-order valence-corrected chi connectivity index (χ2v) is 8.25. The molecule has 0 spiro atoms. The summed E-state index contributed by atoms with van der Waals surface area (Å²) in [5, 5.41) is 8.79. The van der Waals surface area contributed by atoms with Gasteiger partial charge < -0.3 is 13.9 Å². The largest absolute Gasteiger partial charge is 0.467 e. The Kier molecular flexibility index (Phi) is 4.85. The lowest BCUT2D eigenvalue weighted by Gasteiger charge is -2.23. The molecule has 0 unspecified atom stereocenters. The third-order valence-corrected chi connectivity index (χ3v) is 6.07. The fraction of sp³-hybridized carbons (Fsp3) is 0.286. The average Bonchev–Trinajstić information content (AvgIpc) is 3.39. The minimum absolute atomic E-state index is 0.0558. The minimum Gasteiger partial charge on any atom is -0.467 e. The lowest BCUT2D eigenvalue weighted by atomic mass is 9.83. The molecule has 0 bridgehead atoms. The number of para-hydroxylation sites is 1. The predicted molar refractivity (Wildman–Crippen MR) is 110 cm³/mol. The van der Waals surface area contributed by atoms with E-state index in [9.17, 15) is 4.79 Å². The van der Waals surface area contributed by atoms with Gasteiger partial charge in [0.05, 0.1) is 18.6 Å². The van der Waals surface area contributed by atoms with E-state index in [-0.39, 0.29) is 11.2 Å². The number of nitrogens with zero attached hydrogens (tertiary/aromatic N) is 4. The van der Waals surface area contributed by atoms with Crippen LogP contribution in [0.25, 0.3) is 0 Å². The molecule has 144 valence electrons. The van der Waals surface area contributed by atoms with E-state index in [1.807, 2.05) is 35.9 Å². The Morgan fingerprint density at radius 2 is 2.07 bits per heavy atom. The summed E-state index contributed by atoms with van der Waals surface area (Å²) in [5.74, 6) is 1.18. The van der Waals surface area contributed by atoms with E-state index in [0.717, 1.165) is 17.1 Å². The maximum absolute atomic E-state index is 12.7. The van der Waals surface area contributed by atoms with E-state index in [0.29, 0.717) is 17.5 Å². The van der Waals surface area contributed by atoms with Crippen molar-refractivity contribution < 1.29 is 9.21 Å². The molecule has 0 saturated carbocycles. The molecule has 0 amide bonds. The van der Waals surface area contributed by atoms with Crippen LogP contribution in [0.3, 0.4) is 0 Å². The molecule has 4 rings (SSSR count). The van der Waals surface area contributed by atoms with Crippen molar-refractivity contribution in [3.63, 3.8) is 0 Å². The number of allylic oxidation sites excluding steroid dienone is 2.